The van der Waals surface area contributed by atoms with Crippen LogP contribution in [-0.4, -0.2) is 53.8 Å². The Bertz CT molecular complexity index is 367. The largest absolute Gasteiger partial charge is 0.379 e. The van der Waals surface area contributed by atoms with Crippen molar-refractivity contribution in [3.05, 3.63) is 18.2 Å². The van der Waals surface area contributed by atoms with E-state index in [0.29, 0.717) is 6.04 Å². The fourth-order valence-corrected chi connectivity index (χ4v) is 2.82. The van der Waals surface area contributed by atoms with E-state index < -0.39 is 0 Å². The molecule has 2 saturated heterocycles. The van der Waals surface area contributed by atoms with Crippen LogP contribution in [0.2, 0.25) is 0 Å². The van der Waals surface area contributed by atoms with Gasteiger partial charge in [-0.15, -0.1) is 0 Å². The van der Waals surface area contributed by atoms with Crippen LogP contribution in [0.3, 0.4) is 0 Å². The highest BCUT2D eigenvalue weighted by Gasteiger charge is 2.20. The van der Waals surface area contributed by atoms with E-state index in [4.69, 9.17) is 4.74 Å². The van der Waals surface area contributed by atoms with Crippen LogP contribution in [0.15, 0.2) is 12.5 Å². The summed E-state index contributed by atoms with van der Waals surface area (Å²) in [6.45, 7) is 7.14. The molecule has 0 spiro atoms. The molecule has 2 fully saturated rings. The van der Waals surface area contributed by atoms with E-state index >= 15 is 0 Å². The summed E-state index contributed by atoms with van der Waals surface area (Å²) < 4.78 is 7.67. The molecule has 0 radical (unpaired) electrons. The first kappa shape index (κ1) is 12.1. The average molecular weight is 250 g/mol. The van der Waals surface area contributed by atoms with E-state index in [2.05, 4.69) is 19.8 Å². The average Bonchev–Trinajstić information content (AvgIpc) is 3.08. The Morgan fingerprint density at radius 3 is 3.00 bits per heavy atom. The fraction of sp³-hybridized carbons (Fsp3) is 0.769. The third-order valence-electron chi connectivity index (χ3n) is 3.92. The maximum absolute atomic E-state index is 5.37. The van der Waals surface area contributed by atoms with E-state index in [-0.39, 0.29) is 0 Å². The highest BCUT2D eigenvalue weighted by Crippen LogP contribution is 2.22. The lowest BCUT2D eigenvalue weighted by Gasteiger charge is -2.27. The van der Waals surface area contributed by atoms with Crippen molar-refractivity contribution in [2.75, 3.05) is 39.4 Å². The molecule has 0 aliphatic carbocycles. The zero-order valence-electron chi connectivity index (χ0n) is 10.8. The van der Waals surface area contributed by atoms with Crippen LogP contribution >= 0.6 is 0 Å². The lowest BCUT2D eigenvalue weighted by molar-refractivity contribution is 0.0362. The van der Waals surface area contributed by atoms with Gasteiger partial charge in [-0.25, -0.2) is 4.98 Å². The Hall–Kier alpha value is -0.910. The van der Waals surface area contributed by atoms with Gasteiger partial charge in [-0.2, -0.15) is 0 Å². The Balaban J connectivity index is 1.56. The number of nitrogens with zero attached hydrogens (tertiary/aromatic N) is 3. The van der Waals surface area contributed by atoms with Crippen molar-refractivity contribution < 1.29 is 4.74 Å². The summed E-state index contributed by atoms with van der Waals surface area (Å²) in [5.74, 6) is 0. The quantitative estimate of drug-likeness (QED) is 0.851. The zero-order valence-corrected chi connectivity index (χ0v) is 10.8. The van der Waals surface area contributed by atoms with Gasteiger partial charge in [0.1, 0.15) is 0 Å². The van der Waals surface area contributed by atoms with Gasteiger partial charge in [-0.3, -0.25) is 4.90 Å². The van der Waals surface area contributed by atoms with Crippen LogP contribution in [0, 0.1) is 0 Å². The third-order valence-corrected chi connectivity index (χ3v) is 3.92. The van der Waals surface area contributed by atoms with Crippen molar-refractivity contribution in [3.63, 3.8) is 0 Å². The minimum Gasteiger partial charge on any atom is -0.379 e. The second-order valence-corrected chi connectivity index (χ2v) is 5.11. The van der Waals surface area contributed by atoms with Gasteiger partial charge < -0.3 is 14.6 Å². The lowest BCUT2D eigenvalue weighted by Crippen LogP contribution is -2.38. The van der Waals surface area contributed by atoms with Crippen molar-refractivity contribution in [1.82, 2.24) is 19.8 Å². The van der Waals surface area contributed by atoms with E-state index in [1.54, 1.807) is 0 Å². The van der Waals surface area contributed by atoms with Crippen molar-refractivity contribution in [3.8, 4) is 0 Å². The molecular weight excluding hydrogens is 228 g/mol. The maximum Gasteiger partial charge on any atom is 0.0949 e. The van der Waals surface area contributed by atoms with Crippen LogP contribution in [-0.2, 0) is 11.3 Å². The highest BCUT2D eigenvalue weighted by atomic mass is 16.5. The Labute approximate surface area is 108 Å². The molecule has 18 heavy (non-hydrogen) atoms. The first-order valence-electron chi connectivity index (χ1n) is 6.97. The first-order chi connectivity index (χ1) is 8.93. The molecule has 0 bridgehead atoms. The predicted molar refractivity (Wildman–Crippen MR) is 69.5 cm³/mol. The van der Waals surface area contributed by atoms with Gasteiger partial charge in [0, 0.05) is 38.4 Å². The third kappa shape index (κ3) is 2.74. The van der Waals surface area contributed by atoms with E-state index in [1.807, 2.05) is 12.5 Å². The molecular formula is C13H22N4O. The smallest absolute Gasteiger partial charge is 0.0949 e. The number of hydrogen-bond acceptors (Lipinski definition) is 4. The Kier molecular flexibility index (Phi) is 3.93. The standard InChI is InChI=1S/C13H22N4O/c1-2-12(15-3-1)13-10-14-11-17(13)5-4-16-6-8-18-9-7-16/h10-12,15H,1-9H2/t12-/m0/s1. The number of imidazole rings is 1. The molecule has 0 unspecified atom stereocenters. The molecule has 5 nitrogen and oxygen atoms in total. The van der Waals surface area contributed by atoms with Gasteiger partial charge in [0.2, 0.25) is 0 Å². The summed E-state index contributed by atoms with van der Waals surface area (Å²) in [6, 6.07) is 0.511. The molecule has 1 N–H and O–H groups in total. The molecule has 0 aromatic carbocycles. The van der Waals surface area contributed by atoms with E-state index in [9.17, 15) is 0 Å². The number of morpholine rings is 1. The molecule has 1 aromatic heterocycles. The molecule has 0 saturated carbocycles. The summed E-state index contributed by atoms with van der Waals surface area (Å²) in [6.07, 6.45) is 6.50. The van der Waals surface area contributed by atoms with Gasteiger partial charge in [-0.1, -0.05) is 0 Å². The maximum atomic E-state index is 5.37. The predicted octanol–water partition coefficient (Wildman–Crippen LogP) is 0.640. The molecule has 2 aliphatic rings. The molecule has 3 rings (SSSR count). The molecule has 5 heteroatoms. The Morgan fingerprint density at radius 1 is 1.33 bits per heavy atom. The minimum absolute atomic E-state index is 0.511. The van der Waals surface area contributed by atoms with Crippen molar-refractivity contribution in [1.29, 1.82) is 0 Å². The van der Waals surface area contributed by atoms with E-state index in [1.165, 1.54) is 18.5 Å². The Morgan fingerprint density at radius 2 is 2.22 bits per heavy atom. The van der Waals surface area contributed by atoms with E-state index in [0.717, 1.165) is 45.9 Å². The monoisotopic (exact) mass is 250 g/mol. The van der Waals surface area contributed by atoms with Gasteiger partial charge in [0.05, 0.1) is 25.2 Å². The lowest BCUT2D eigenvalue weighted by atomic mass is 10.2. The van der Waals surface area contributed by atoms with Crippen LogP contribution in [0.1, 0.15) is 24.6 Å². The number of nitrogens with one attached hydrogen (secondary N) is 1. The van der Waals surface area contributed by atoms with Crippen LogP contribution in [0.25, 0.3) is 0 Å². The van der Waals surface area contributed by atoms with Gasteiger partial charge in [0.15, 0.2) is 0 Å². The van der Waals surface area contributed by atoms with Gasteiger partial charge >= 0.3 is 0 Å². The summed E-state index contributed by atoms with van der Waals surface area (Å²) in [4.78, 5) is 6.78. The first-order valence-corrected chi connectivity index (χ1v) is 6.97. The van der Waals surface area contributed by atoms with Gasteiger partial charge in [0.25, 0.3) is 0 Å². The second-order valence-electron chi connectivity index (χ2n) is 5.11. The molecule has 3 heterocycles. The molecule has 2 aliphatic heterocycles. The number of rotatable bonds is 4. The summed E-state index contributed by atoms with van der Waals surface area (Å²) in [5.41, 5.74) is 1.35. The summed E-state index contributed by atoms with van der Waals surface area (Å²) >= 11 is 0. The molecule has 0 amide bonds. The highest BCUT2D eigenvalue weighted by molar-refractivity contribution is 5.07. The van der Waals surface area contributed by atoms with Crippen molar-refractivity contribution >= 4 is 0 Å². The minimum atomic E-state index is 0.511. The van der Waals surface area contributed by atoms with Crippen LogP contribution in [0.5, 0.6) is 0 Å². The SMILES string of the molecule is c1ncn(CCN2CCOCC2)c1[C@@H]1CCCN1. The fourth-order valence-electron chi connectivity index (χ4n) is 2.82. The van der Waals surface area contributed by atoms with Gasteiger partial charge in [-0.05, 0) is 19.4 Å². The van der Waals surface area contributed by atoms with Crippen LogP contribution < -0.4 is 5.32 Å². The number of hydrogen-bond donors (Lipinski definition) is 1. The molecule has 1 aromatic rings. The summed E-state index contributed by atoms with van der Waals surface area (Å²) in [5, 5.41) is 3.54. The molecule has 100 valence electrons. The topological polar surface area (TPSA) is 42.3 Å². The van der Waals surface area contributed by atoms with Crippen molar-refractivity contribution in [2.24, 2.45) is 0 Å². The number of ether oxygens (including phenoxy) is 1. The van der Waals surface area contributed by atoms with Crippen LogP contribution in [0.4, 0.5) is 0 Å². The number of aromatic nitrogens is 2. The zero-order chi connectivity index (χ0) is 12.2. The second kappa shape index (κ2) is 5.82. The van der Waals surface area contributed by atoms with Crippen molar-refractivity contribution in [2.45, 2.75) is 25.4 Å². The summed E-state index contributed by atoms with van der Waals surface area (Å²) in [7, 11) is 0. The molecule has 1 atom stereocenters. The normalized spacial score (nSPS) is 25.7.